The van der Waals surface area contributed by atoms with Crippen molar-refractivity contribution in [2.45, 2.75) is 32.0 Å². The Morgan fingerprint density at radius 2 is 2.33 bits per heavy atom. The van der Waals surface area contributed by atoms with Gasteiger partial charge in [0.2, 0.25) is 0 Å². The van der Waals surface area contributed by atoms with Gasteiger partial charge in [0.15, 0.2) is 0 Å². The molecular formula is C8H15NO3. The number of rotatable bonds is 3. The third-order valence-corrected chi connectivity index (χ3v) is 1.96. The molecule has 1 saturated heterocycles. The Hall–Kier alpha value is -0.610. The fraction of sp³-hybridized carbons (Fsp3) is 0.875. The van der Waals surface area contributed by atoms with E-state index in [4.69, 9.17) is 9.47 Å². The lowest BCUT2D eigenvalue weighted by molar-refractivity contribution is -0.145. The van der Waals surface area contributed by atoms with E-state index in [0.29, 0.717) is 6.61 Å². The largest absolute Gasteiger partial charge is 0.465 e. The Kier molecular flexibility index (Phi) is 3.49. The van der Waals surface area contributed by atoms with E-state index in [2.05, 4.69) is 5.32 Å². The fourth-order valence-corrected chi connectivity index (χ4v) is 1.32. The van der Waals surface area contributed by atoms with Crippen LogP contribution in [-0.4, -0.2) is 32.0 Å². The van der Waals surface area contributed by atoms with Gasteiger partial charge in [0.05, 0.1) is 6.61 Å². The van der Waals surface area contributed by atoms with Crippen LogP contribution in [0.1, 0.15) is 19.8 Å². The van der Waals surface area contributed by atoms with Crippen molar-refractivity contribution in [1.29, 1.82) is 0 Å². The van der Waals surface area contributed by atoms with Crippen molar-refractivity contribution in [3.63, 3.8) is 0 Å². The molecule has 70 valence electrons. The predicted octanol–water partition coefficient (Wildman–Crippen LogP) is 0.274. The molecule has 1 N–H and O–H groups in total. The molecule has 0 spiro atoms. The highest BCUT2D eigenvalue weighted by Crippen LogP contribution is 2.13. The van der Waals surface area contributed by atoms with Gasteiger partial charge in [0.25, 0.3) is 0 Å². The molecule has 0 saturated carbocycles. The van der Waals surface area contributed by atoms with Crippen molar-refractivity contribution in [3.05, 3.63) is 0 Å². The molecule has 1 aliphatic rings. The SMILES string of the molecule is CCOC(=O)C1CCC(OC)N1. The zero-order valence-corrected chi connectivity index (χ0v) is 7.50. The molecule has 1 fully saturated rings. The Morgan fingerprint density at radius 3 is 2.83 bits per heavy atom. The highest BCUT2D eigenvalue weighted by molar-refractivity contribution is 5.76. The van der Waals surface area contributed by atoms with Gasteiger partial charge < -0.3 is 9.47 Å². The molecular weight excluding hydrogens is 158 g/mol. The monoisotopic (exact) mass is 173 g/mol. The molecule has 2 unspecified atom stereocenters. The number of methoxy groups -OCH3 is 1. The molecule has 1 heterocycles. The minimum atomic E-state index is -0.171. The second kappa shape index (κ2) is 4.42. The first kappa shape index (κ1) is 9.48. The molecule has 0 radical (unpaired) electrons. The van der Waals surface area contributed by atoms with Gasteiger partial charge in [0.1, 0.15) is 12.3 Å². The highest BCUT2D eigenvalue weighted by atomic mass is 16.5. The van der Waals surface area contributed by atoms with Crippen molar-refractivity contribution in [3.8, 4) is 0 Å². The number of carbonyl (C=O) groups excluding carboxylic acids is 1. The van der Waals surface area contributed by atoms with Crippen LogP contribution in [0.25, 0.3) is 0 Å². The zero-order chi connectivity index (χ0) is 8.97. The third kappa shape index (κ3) is 2.19. The lowest BCUT2D eigenvalue weighted by Gasteiger charge is -2.11. The molecule has 4 heteroatoms. The van der Waals surface area contributed by atoms with Gasteiger partial charge in [-0.2, -0.15) is 0 Å². The Bertz CT molecular complexity index is 160. The summed E-state index contributed by atoms with van der Waals surface area (Å²) < 4.78 is 9.91. The molecule has 1 aliphatic heterocycles. The van der Waals surface area contributed by atoms with Crippen LogP contribution >= 0.6 is 0 Å². The summed E-state index contributed by atoms with van der Waals surface area (Å²) in [6.45, 7) is 2.25. The molecule has 4 nitrogen and oxygen atoms in total. The van der Waals surface area contributed by atoms with Gasteiger partial charge >= 0.3 is 5.97 Å². The maximum absolute atomic E-state index is 11.2. The molecule has 12 heavy (non-hydrogen) atoms. The van der Waals surface area contributed by atoms with Crippen LogP contribution in [-0.2, 0) is 14.3 Å². The summed E-state index contributed by atoms with van der Waals surface area (Å²) in [7, 11) is 1.63. The number of nitrogens with one attached hydrogen (secondary N) is 1. The Balaban J connectivity index is 2.31. The van der Waals surface area contributed by atoms with E-state index in [9.17, 15) is 4.79 Å². The van der Waals surface area contributed by atoms with Gasteiger partial charge in [-0.15, -0.1) is 0 Å². The normalized spacial score (nSPS) is 28.8. The number of hydrogen-bond donors (Lipinski definition) is 1. The Labute approximate surface area is 72.2 Å². The zero-order valence-electron chi connectivity index (χ0n) is 7.50. The summed E-state index contributed by atoms with van der Waals surface area (Å²) >= 11 is 0. The number of carbonyl (C=O) groups is 1. The fourth-order valence-electron chi connectivity index (χ4n) is 1.32. The molecule has 0 aromatic carbocycles. The van der Waals surface area contributed by atoms with E-state index in [-0.39, 0.29) is 18.2 Å². The van der Waals surface area contributed by atoms with Crippen LogP contribution in [0.5, 0.6) is 0 Å². The van der Waals surface area contributed by atoms with Gasteiger partial charge in [-0.1, -0.05) is 0 Å². The first-order valence-corrected chi connectivity index (χ1v) is 4.23. The minimum Gasteiger partial charge on any atom is -0.465 e. The minimum absolute atomic E-state index is 0.0133. The van der Waals surface area contributed by atoms with Crippen LogP contribution in [0.3, 0.4) is 0 Å². The van der Waals surface area contributed by atoms with Crippen LogP contribution in [0.4, 0.5) is 0 Å². The van der Waals surface area contributed by atoms with Crippen molar-refractivity contribution >= 4 is 5.97 Å². The molecule has 0 aliphatic carbocycles. The topological polar surface area (TPSA) is 47.6 Å². The van der Waals surface area contributed by atoms with Gasteiger partial charge in [-0.05, 0) is 19.8 Å². The standard InChI is InChI=1S/C8H15NO3/c1-3-12-8(10)6-4-5-7(9-6)11-2/h6-7,9H,3-5H2,1-2H3. The predicted molar refractivity (Wildman–Crippen MR) is 43.6 cm³/mol. The average molecular weight is 173 g/mol. The summed E-state index contributed by atoms with van der Waals surface area (Å²) in [5.74, 6) is -0.169. The lowest BCUT2D eigenvalue weighted by atomic mass is 10.2. The molecule has 1 rings (SSSR count). The second-order valence-corrected chi connectivity index (χ2v) is 2.77. The van der Waals surface area contributed by atoms with Crippen LogP contribution in [0, 0.1) is 0 Å². The third-order valence-electron chi connectivity index (χ3n) is 1.96. The van der Waals surface area contributed by atoms with E-state index < -0.39 is 0 Å². The summed E-state index contributed by atoms with van der Waals surface area (Å²) in [4.78, 5) is 11.2. The first-order chi connectivity index (χ1) is 5.77. The second-order valence-electron chi connectivity index (χ2n) is 2.77. The number of ether oxygens (including phenoxy) is 2. The van der Waals surface area contributed by atoms with Crippen LogP contribution in [0.2, 0.25) is 0 Å². The van der Waals surface area contributed by atoms with E-state index in [1.54, 1.807) is 14.0 Å². The quantitative estimate of drug-likeness (QED) is 0.622. The van der Waals surface area contributed by atoms with E-state index >= 15 is 0 Å². The van der Waals surface area contributed by atoms with Gasteiger partial charge in [-0.3, -0.25) is 10.1 Å². The van der Waals surface area contributed by atoms with Gasteiger partial charge in [-0.25, -0.2) is 0 Å². The van der Waals surface area contributed by atoms with E-state index in [0.717, 1.165) is 12.8 Å². The van der Waals surface area contributed by atoms with Crippen molar-refractivity contribution in [2.75, 3.05) is 13.7 Å². The van der Waals surface area contributed by atoms with Crippen molar-refractivity contribution in [1.82, 2.24) is 5.32 Å². The Morgan fingerprint density at radius 1 is 1.58 bits per heavy atom. The maximum atomic E-state index is 11.2. The highest BCUT2D eigenvalue weighted by Gasteiger charge is 2.29. The van der Waals surface area contributed by atoms with Gasteiger partial charge in [0, 0.05) is 7.11 Å². The van der Waals surface area contributed by atoms with E-state index in [1.165, 1.54) is 0 Å². The molecule has 2 atom stereocenters. The molecule has 0 aromatic rings. The molecule has 0 bridgehead atoms. The summed E-state index contributed by atoms with van der Waals surface area (Å²) in [5.41, 5.74) is 0. The maximum Gasteiger partial charge on any atom is 0.323 e. The van der Waals surface area contributed by atoms with Crippen molar-refractivity contribution < 1.29 is 14.3 Å². The lowest BCUT2D eigenvalue weighted by Crippen LogP contribution is -2.37. The number of hydrogen-bond acceptors (Lipinski definition) is 4. The summed E-state index contributed by atoms with van der Waals surface area (Å²) in [5, 5.41) is 3.03. The summed E-state index contributed by atoms with van der Waals surface area (Å²) in [6.07, 6.45) is 1.69. The first-order valence-electron chi connectivity index (χ1n) is 4.23. The average Bonchev–Trinajstić information content (AvgIpc) is 2.52. The number of esters is 1. The van der Waals surface area contributed by atoms with Crippen molar-refractivity contribution in [2.24, 2.45) is 0 Å². The molecule has 0 aromatic heterocycles. The smallest absolute Gasteiger partial charge is 0.323 e. The van der Waals surface area contributed by atoms with Crippen LogP contribution in [0.15, 0.2) is 0 Å². The molecule has 0 amide bonds. The van der Waals surface area contributed by atoms with Crippen LogP contribution < -0.4 is 5.32 Å². The summed E-state index contributed by atoms with van der Waals surface area (Å²) in [6, 6.07) is -0.171. The van der Waals surface area contributed by atoms with E-state index in [1.807, 2.05) is 0 Å².